The van der Waals surface area contributed by atoms with Crippen molar-refractivity contribution >= 4 is 34.7 Å². The van der Waals surface area contributed by atoms with Crippen molar-refractivity contribution in [3.8, 4) is 0 Å². The number of benzene rings is 1. The second kappa shape index (κ2) is 4.73. The van der Waals surface area contributed by atoms with E-state index in [4.69, 9.17) is 11.6 Å². The van der Waals surface area contributed by atoms with Crippen molar-refractivity contribution in [2.45, 2.75) is 11.3 Å². The minimum absolute atomic E-state index is 0.203. The fraction of sp³-hybridized carbons (Fsp3) is 0.125. The van der Waals surface area contributed by atoms with Crippen LogP contribution in [0.1, 0.15) is 0 Å². The number of aromatic amines is 1. The van der Waals surface area contributed by atoms with E-state index in [2.05, 4.69) is 19.2 Å². The van der Waals surface area contributed by atoms with Gasteiger partial charge in [-0.1, -0.05) is 0 Å². The van der Waals surface area contributed by atoms with Crippen molar-refractivity contribution < 1.29 is 22.4 Å². The Morgan fingerprint density at radius 1 is 1.35 bits per heavy atom. The molecule has 0 aliphatic carbocycles. The molecule has 2 rings (SSSR count). The molecule has 4 nitrogen and oxygen atoms in total. The van der Waals surface area contributed by atoms with Gasteiger partial charge in [0.2, 0.25) is 5.28 Å². The van der Waals surface area contributed by atoms with Crippen LogP contribution in [-0.2, 0) is 9.22 Å². The van der Waals surface area contributed by atoms with Crippen LogP contribution in [0.2, 0.25) is 5.28 Å². The molecule has 1 aromatic carbocycles. The van der Waals surface area contributed by atoms with Gasteiger partial charge >= 0.3 is 6.36 Å². The summed E-state index contributed by atoms with van der Waals surface area (Å²) in [6.45, 7) is 0. The van der Waals surface area contributed by atoms with Crippen LogP contribution in [0, 0.1) is 0 Å². The van der Waals surface area contributed by atoms with Gasteiger partial charge in [-0.05, 0) is 29.8 Å². The van der Waals surface area contributed by atoms with E-state index in [9.17, 15) is 13.2 Å². The average Bonchev–Trinajstić information content (AvgIpc) is 2.55. The Balaban J connectivity index is 2.04. The molecule has 1 heterocycles. The van der Waals surface area contributed by atoms with E-state index in [0.717, 1.165) is 0 Å². The van der Waals surface area contributed by atoms with Gasteiger partial charge < -0.3 is 4.98 Å². The fourth-order valence-electron chi connectivity index (χ4n) is 1.10. The number of nitrogens with one attached hydrogen (secondary N) is 1. The Hall–Kier alpha value is -0.960. The largest absolute Gasteiger partial charge is 0.550 e. The highest BCUT2D eigenvalue weighted by Crippen LogP contribution is 2.27. The summed E-state index contributed by atoms with van der Waals surface area (Å²) in [5.74, 6) is 0. The quantitative estimate of drug-likeness (QED) is 0.530. The van der Waals surface area contributed by atoms with E-state index in [1.54, 1.807) is 12.1 Å². The smallest absolute Gasteiger partial charge is 0.329 e. The fourth-order valence-corrected chi connectivity index (χ4v) is 1.78. The van der Waals surface area contributed by atoms with Gasteiger partial charge in [0.1, 0.15) is 0 Å². The molecule has 0 saturated carbocycles. The van der Waals surface area contributed by atoms with Crippen LogP contribution in [0.4, 0.5) is 13.2 Å². The van der Waals surface area contributed by atoms with E-state index in [1.165, 1.54) is 6.07 Å². The highest BCUT2D eigenvalue weighted by molar-refractivity contribution is 7.94. The lowest BCUT2D eigenvalue weighted by atomic mass is 10.3. The predicted molar refractivity (Wildman–Crippen MR) is 55.2 cm³/mol. The van der Waals surface area contributed by atoms with Gasteiger partial charge in [-0.2, -0.15) is 4.33 Å². The highest BCUT2D eigenvalue weighted by Gasteiger charge is 2.31. The lowest BCUT2D eigenvalue weighted by molar-refractivity contribution is -0.440. The summed E-state index contributed by atoms with van der Waals surface area (Å²) in [5.41, 5.74) is 1.20. The summed E-state index contributed by atoms with van der Waals surface area (Å²) < 4.78 is 38.8. The summed E-state index contributed by atoms with van der Waals surface area (Å²) in [7, 11) is 0. The summed E-state index contributed by atoms with van der Waals surface area (Å²) >= 11 is 6.06. The van der Waals surface area contributed by atoms with Crippen LogP contribution in [0.15, 0.2) is 23.1 Å². The molecule has 0 aliphatic rings. The monoisotopic (exact) mass is 284 g/mol. The Kier molecular flexibility index (Phi) is 3.48. The van der Waals surface area contributed by atoms with Crippen LogP contribution >= 0.6 is 23.6 Å². The molecule has 0 atom stereocenters. The van der Waals surface area contributed by atoms with E-state index in [1.807, 2.05) is 0 Å². The Labute approximate surface area is 102 Å². The molecule has 0 spiro atoms. The first-order chi connectivity index (χ1) is 7.94. The molecule has 0 amide bonds. The zero-order chi connectivity index (χ0) is 12.5. The number of rotatable bonds is 3. The SMILES string of the molecule is FC(F)(F)OOSc1ccc2nc(Cl)[nH]c2c1. The van der Waals surface area contributed by atoms with Crippen molar-refractivity contribution in [1.29, 1.82) is 0 Å². The normalized spacial score (nSPS) is 12.2. The summed E-state index contributed by atoms with van der Waals surface area (Å²) in [6, 6.07) is 4.67. The van der Waals surface area contributed by atoms with Crippen LogP contribution in [0.5, 0.6) is 0 Å². The standard InChI is InChI=1S/C8H4ClF3N2O2S/c9-7-13-5-2-1-4(3-6(5)14-7)17-16-15-8(10,11)12/h1-3H,(H,13,14). The second-order valence-corrected chi connectivity index (χ2v) is 4.02. The van der Waals surface area contributed by atoms with E-state index in [0.29, 0.717) is 28.0 Å². The van der Waals surface area contributed by atoms with E-state index in [-0.39, 0.29) is 5.28 Å². The minimum atomic E-state index is -4.83. The third-order valence-corrected chi connectivity index (χ3v) is 2.44. The predicted octanol–water partition coefficient (Wildman–Crippen LogP) is 3.69. The van der Waals surface area contributed by atoms with E-state index < -0.39 is 6.36 Å². The number of hydrogen-bond donors (Lipinski definition) is 1. The van der Waals surface area contributed by atoms with Crippen LogP contribution < -0.4 is 0 Å². The van der Waals surface area contributed by atoms with Gasteiger partial charge in [0.15, 0.2) is 0 Å². The van der Waals surface area contributed by atoms with Gasteiger partial charge in [0.05, 0.1) is 23.1 Å². The maximum absolute atomic E-state index is 11.6. The third kappa shape index (κ3) is 3.50. The Morgan fingerprint density at radius 3 is 2.82 bits per heavy atom. The van der Waals surface area contributed by atoms with Crippen LogP contribution in [-0.4, -0.2) is 16.3 Å². The van der Waals surface area contributed by atoms with Crippen molar-refractivity contribution in [3.05, 3.63) is 23.5 Å². The number of halogens is 4. The summed E-state index contributed by atoms with van der Waals surface area (Å²) in [6.07, 6.45) is -4.83. The molecule has 0 fully saturated rings. The Morgan fingerprint density at radius 2 is 2.12 bits per heavy atom. The number of hydrogen-bond acceptors (Lipinski definition) is 4. The maximum Gasteiger partial charge on any atom is 0.550 e. The van der Waals surface area contributed by atoms with Gasteiger partial charge in [-0.3, -0.25) is 0 Å². The number of fused-ring (bicyclic) bond motifs is 1. The second-order valence-electron chi connectivity index (χ2n) is 2.89. The molecule has 0 aliphatic heterocycles. The zero-order valence-corrected chi connectivity index (χ0v) is 9.49. The first-order valence-corrected chi connectivity index (χ1v) is 5.30. The van der Waals surface area contributed by atoms with Gasteiger partial charge in [0, 0.05) is 4.90 Å². The molecule has 0 saturated heterocycles. The first-order valence-electron chi connectivity index (χ1n) is 4.18. The summed E-state index contributed by atoms with van der Waals surface area (Å²) in [5, 5.41) is 0.203. The number of imidazole rings is 1. The molecular weight excluding hydrogens is 281 g/mol. The third-order valence-electron chi connectivity index (χ3n) is 1.68. The molecule has 2 aromatic rings. The molecule has 0 unspecified atom stereocenters. The molecule has 0 radical (unpaired) electrons. The van der Waals surface area contributed by atoms with Gasteiger partial charge in [-0.15, -0.1) is 18.1 Å². The average molecular weight is 285 g/mol. The first kappa shape index (κ1) is 12.5. The van der Waals surface area contributed by atoms with Crippen molar-refractivity contribution in [2.75, 3.05) is 0 Å². The van der Waals surface area contributed by atoms with Crippen molar-refractivity contribution in [3.63, 3.8) is 0 Å². The maximum atomic E-state index is 11.6. The number of H-pyrrole nitrogens is 1. The zero-order valence-electron chi connectivity index (χ0n) is 7.92. The number of nitrogens with zero attached hydrogens (tertiary/aromatic N) is 1. The lowest BCUT2D eigenvalue weighted by Gasteiger charge is -2.04. The summed E-state index contributed by atoms with van der Waals surface area (Å²) in [4.78, 5) is 10.2. The van der Waals surface area contributed by atoms with Gasteiger partial charge in [0.25, 0.3) is 0 Å². The van der Waals surface area contributed by atoms with Crippen LogP contribution in [0.25, 0.3) is 11.0 Å². The molecule has 92 valence electrons. The molecule has 9 heteroatoms. The topological polar surface area (TPSA) is 47.1 Å². The van der Waals surface area contributed by atoms with Crippen molar-refractivity contribution in [2.24, 2.45) is 0 Å². The van der Waals surface area contributed by atoms with E-state index >= 15 is 0 Å². The molecular formula is C8H4ClF3N2O2S. The molecule has 0 bridgehead atoms. The highest BCUT2D eigenvalue weighted by atomic mass is 35.5. The number of aromatic nitrogens is 2. The molecule has 1 N–H and O–H groups in total. The van der Waals surface area contributed by atoms with Gasteiger partial charge in [-0.25, -0.2) is 4.98 Å². The molecule has 1 aromatic heterocycles. The Bertz CT molecular complexity index is 531. The number of alkyl halides is 3. The van der Waals surface area contributed by atoms with Crippen molar-refractivity contribution in [1.82, 2.24) is 9.97 Å². The van der Waals surface area contributed by atoms with Crippen LogP contribution in [0.3, 0.4) is 0 Å². The minimum Gasteiger partial charge on any atom is -0.329 e. The molecule has 17 heavy (non-hydrogen) atoms. The lowest BCUT2D eigenvalue weighted by Crippen LogP contribution is -2.11.